The molecule has 1 unspecified atom stereocenters. The first-order valence-electron chi connectivity index (χ1n) is 13.2. The van der Waals surface area contributed by atoms with Crippen LogP contribution in [0.3, 0.4) is 0 Å². The van der Waals surface area contributed by atoms with Gasteiger partial charge < -0.3 is 30.7 Å². The van der Waals surface area contributed by atoms with E-state index in [1.807, 2.05) is 30.5 Å². The second kappa shape index (κ2) is 12.1. The Bertz CT molecular complexity index is 1260. The van der Waals surface area contributed by atoms with Crippen LogP contribution in [0.2, 0.25) is 0 Å². The predicted molar refractivity (Wildman–Crippen MR) is 151 cm³/mol. The fraction of sp³-hybridized carbons (Fsp3) is 0.500. The average molecular weight is 522 g/mol. The van der Waals surface area contributed by atoms with Crippen molar-refractivity contribution in [3.8, 4) is 11.5 Å². The Morgan fingerprint density at radius 2 is 1.97 bits per heavy atom. The first-order valence-corrected chi connectivity index (χ1v) is 13.2. The molecule has 3 aromatic rings. The first kappa shape index (κ1) is 27.2. The summed E-state index contributed by atoms with van der Waals surface area (Å²) in [4.78, 5) is 26.1. The molecule has 0 radical (unpaired) electrons. The van der Waals surface area contributed by atoms with Gasteiger partial charge in [-0.05, 0) is 44.4 Å². The number of ether oxygens (including phenoxy) is 2. The molecular weight excluding hydrogens is 482 g/mol. The van der Waals surface area contributed by atoms with Gasteiger partial charge in [0.1, 0.15) is 17.0 Å². The first-order chi connectivity index (χ1) is 18.3. The predicted octanol–water partition coefficient (Wildman–Crippen LogP) is 4.73. The SMILES string of the molecule is CCCCC(C)(CNC(C)=O)Nc1nc(NCc2ccc(OC)cc2OC)nc2cc(NC3CC3)cnc12. The lowest BCUT2D eigenvalue weighted by Gasteiger charge is -2.32. The van der Waals surface area contributed by atoms with Crippen LogP contribution in [0.1, 0.15) is 58.4 Å². The molecule has 1 aliphatic carbocycles. The van der Waals surface area contributed by atoms with E-state index in [0.717, 1.165) is 47.5 Å². The summed E-state index contributed by atoms with van der Waals surface area (Å²) in [5.74, 6) is 2.48. The van der Waals surface area contributed by atoms with Crippen molar-refractivity contribution in [3.05, 3.63) is 36.0 Å². The van der Waals surface area contributed by atoms with E-state index in [-0.39, 0.29) is 5.91 Å². The molecule has 0 spiro atoms. The number of nitrogens with one attached hydrogen (secondary N) is 4. The highest BCUT2D eigenvalue weighted by Crippen LogP contribution is 2.30. The Morgan fingerprint density at radius 3 is 2.66 bits per heavy atom. The van der Waals surface area contributed by atoms with Gasteiger partial charge in [0.2, 0.25) is 11.9 Å². The number of carbonyl (C=O) groups is 1. The summed E-state index contributed by atoms with van der Waals surface area (Å²) in [5.41, 5.74) is 2.90. The van der Waals surface area contributed by atoms with Crippen molar-refractivity contribution in [2.75, 3.05) is 36.7 Å². The van der Waals surface area contributed by atoms with E-state index in [1.165, 1.54) is 19.8 Å². The van der Waals surface area contributed by atoms with Crippen LogP contribution in [0, 0.1) is 0 Å². The van der Waals surface area contributed by atoms with E-state index in [0.29, 0.717) is 36.4 Å². The number of hydrogen-bond acceptors (Lipinski definition) is 9. The number of aromatic nitrogens is 3. The molecule has 10 heteroatoms. The van der Waals surface area contributed by atoms with Crippen LogP contribution in [0.5, 0.6) is 11.5 Å². The van der Waals surface area contributed by atoms with Crippen molar-refractivity contribution >= 4 is 34.4 Å². The summed E-state index contributed by atoms with van der Waals surface area (Å²) in [6.45, 7) is 6.73. The fourth-order valence-corrected chi connectivity index (χ4v) is 4.27. The second-order valence-electron chi connectivity index (χ2n) is 10.1. The van der Waals surface area contributed by atoms with Gasteiger partial charge in [-0.25, -0.2) is 9.97 Å². The number of unbranched alkanes of at least 4 members (excludes halogenated alkanes) is 1. The topological polar surface area (TPSA) is 122 Å². The van der Waals surface area contributed by atoms with Crippen LogP contribution in [0.4, 0.5) is 17.5 Å². The normalized spacial score (nSPS) is 14.4. The minimum absolute atomic E-state index is 0.0632. The zero-order valence-electron chi connectivity index (χ0n) is 23.0. The highest BCUT2D eigenvalue weighted by molar-refractivity contribution is 5.88. The van der Waals surface area contributed by atoms with Gasteiger partial charge in [0.05, 0.1) is 37.2 Å². The molecule has 0 bridgehead atoms. The second-order valence-corrected chi connectivity index (χ2v) is 10.1. The Labute approximate surface area is 224 Å². The molecule has 4 rings (SSSR count). The number of methoxy groups -OCH3 is 2. The maximum atomic E-state index is 11.7. The van der Waals surface area contributed by atoms with Gasteiger partial charge in [-0.3, -0.25) is 4.79 Å². The highest BCUT2D eigenvalue weighted by atomic mass is 16.5. The molecule has 1 saturated carbocycles. The Morgan fingerprint density at radius 1 is 1.16 bits per heavy atom. The van der Waals surface area contributed by atoms with Crippen molar-refractivity contribution in [1.29, 1.82) is 0 Å². The lowest BCUT2D eigenvalue weighted by molar-refractivity contribution is -0.119. The van der Waals surface area contributed by atoms with Gasteiger partial charge in [0.15, 0.2) is 5.82 Å². The molecule has 10 nitrogen and oxygen atoms in total. The van der Waals surface area contributed by atoms with Gasteiger partial charge in [-0.2, -0.15) is 4.98 Å². The van der Waals surface area contributed by atoms with E-state index >= 15 is 0 Å². The number of fused-ring (bicyclic) bond motifs is 1. The summed E-state index contributed by atoms with van der Waals surface area (Å²) < 4.78 is 10.9. The van der Waals surface area contributed by atoms with Gasteiger partial charge >= 0.3 is 0 Å². The molecule has 1 aliphatic rings. The molecule has 2 heterocycles. The number of carbonyl (C=O) groups excluding carboxylic acids is 1. The average Bonchev–Trinajstić information content (AvgIpc) is 3.73. The van der Waals surface area contributed by atoms with Crippen molar-refractivity contribution in [2.24, 2.45) is 0 Å². The zero-order chi connectivity index (χ0) is 27.1. The number of amides is 1. The summed E-state index contributed by atoms with van der Waals surface area (Å²) in [6.07, 6.45) is 7.10. The van der Waals surface area contributed by atoms with Crippen LogP contribution in [0.15, 0.2) is 30.5 Å². The lowest BCUT2D eigenvalue weighted by atomic mass is 9.94. The maximum Gasteiger partial charge on any atom is 0.225 e. The lowest BCUT2D eigenvalue weighted by Crippen LogP contribution is -2.46. The van der Waals surface area contributed by atoms with Crippen molar-refractivity contribution in [1.82, 2.24) is 20.3 Å². The number of hydrogen-bond donors (Lipinski definition) is 4. The van der Waals surface area contributed by atoms with E-state index in [9.17, 15) is 4.79 Å². The quantitative estimate of drug-likeness (QED) is 0.238. The molecule has 204 valence electrons. The summed E-state index contributed by atoms with van der Waals surface area (Å²) >= 11 is 0. The fourth-order valence-electron chi connectivity index (χ4n) is 4.27. The molecule has 1 aromatic carbocycles. The number of rotatable bonds is 14. The Balaban J connectivity index is 1.66. The number of nitrogens with zero attached hydrogens (tertiary/aromatic N) is 3. The van der Waals surface area contributed by atoms with Crippen LogP contribution in [-0.4, -0.2) is 53.2 Å². The summed E-state index contributed by atoms with van der Waals surface area (Å²) in [6, 6.07) is 8.23. The van der Waals surface area contributed by atoms with Crippen molar-refractivity contribution < 1.29 is 14.3 Å². The van der Waals surface area contributed by atoms with Crippen molar-refractivity contribution in [2.45, 2.75) is 71.0 Å². The molecule has 2 aromatic heterocycles. The molecule has 0 aliphatic heterocycles. The standard InChI is InChI=1S/C28H39N7O3/c1-6-7-12-28(3,17-31-18(2)36)35-26-25-23(13-21(16-29-25)32-20-9-10-20)33-27(34-26)30-15-19-8-11-22(37-4)14-24(19)38-5/h8,11,13-14,16,20,32H,6-7,9-10,12,15,17H2,1-5H3,(H,31,36)(H2,30,33,34,35). The van der Waals surface area contributed by atoms with E-state index in [4.69, 9.17) is 24.4 Å². The molecule has 0 saturated heterocycles. The Hall–Kier alpha value is -3.82. The third kappa shape index (κ3) is 7.14. The molecule has 1 fully saturated rings. The summed E-state index contributed by atoms with van der Waals surface area (Å²) in [7, 11) is 3.27. The van der Waals surface area contributed by atoms with E-state index in [2.05, 4.69) is 35.1 Å². The van der Waals surface area contributed by atoms with Gasteiger partial charge in [0, 0.05) is 37.7 Å². The zero-order valence-corrected chi connectivity index (χ0v) is 23.0. The van der Waals surface area contributed by atoms with Gasteiger partial charge in [-0.1, -0.05) is 19.8 Å². The minimum atomic E-state index is -0.411. The Kier molecular flexibility index (Phi) is 8.70. The number of pyridine rings is 1. The van der Waals surface area contributed by atoms with Crippen LogP contribution in [-0.2, 0) is 11.3 Å². The van der Waals surface area contributed by atoms with Gasteiger partial charge in [-0.15, -0.1) is 0 Å². The van der Waals surface area contributed by atoms with E-state index in [1.54, 1.807) is 14.2 Å². The van der Waals surface area contributed by atoms with Crippen LogP contribution >= 0.6 is 0 Å². The summed E-state index contributed by atoms with van der Waals surface area (Å²) in [5, 5.41) is 13.4. The number of benzene rings is 1. The largest absolute Gasteiger partial charge is 0.497 e. The minimum Gasteiger partial charge on any atom is -0.497 e. The van der Waals surface area contributed by atoms with Gasteiger partial charge in [0.25, 0.3) is 0 Å². The monoisotopic (exact) mass is 521 g/mol. The molecule has 1 amide bonds. The number of anilines is 3. The maximum absolute atomic E-state index is 11.7. The van der Waals surface area contributed by atoms with Crippen LogP contribution in [0.25, 0.3) is 11.0 Å². The molecule has 4 N–H and O–H groups in total. The third-order valence-electron chi connectivity index (χ3n) is 6.65. The van der Waals surface area contributed by atoms with Crippen molar-refractivity contribution in [3.63, 3.8) is 0 Å². The molecular formula is C28H39N7O3. The highest BCUT2D eigenvalue weighted by Gasteiger charge is 2.27. The van der Waals surface area contributed by atoms with E-state index < -0.39 is 5.54 Å². The smallest absolute Gasteiger partial charge is 0.225 e. The van der Waals surface area contributed by atoms with Crippen LogP contribution < -0.4 is 30.7 Å². The molecule has 1 atom stereocenters. The third-order valence-corrected chi connectivity index (χ3v) is 6.65. The molecule has 38 heavy (non-hydrogen) atoms.